The first-order valence-corrected chi connectivity index (χ1v) is 7.73. The Labute approximate surface area is 126 Å². The van der Waals surface area contributed by atoms with Crippen molar-refractivity contribution in [3.63, 3.8) is 0 Å². The first kappa shape index (κ1) is 16.0. The highest BCUT2D eigenvalue weighted by Gasteiger charge is 2.26. The van der Waals surface area contributed by atoms with Gasteiger partial charge in [0.25, 0.3) is 0 Å². The summed E-state index contributed by atoms with van der Waals surface area (Å²) in [6.45, 7) is 1.36. The average Bonchev–Trinajstić information content (AvgIpc) is 2.90. The van der Waals surface area contributed by atoms with Crippen LogP contribution in [0.15, 0.2) is 22.8 Å². The minimum Gasteiger partial charge on any atom is -0.467 e. The Morgan fingerprint density at radius 2 is 2.29 bits per heavy atom. The number of carbonyl (C=O) groups is 1. The minimum absolute atomic E-state index is 0.120. The van der Waals surface area contributed by atoms with Gasteiger partial charge in [-0.3, -0.25) is 9.69 Å². The zero-order valence-corrected chi connectivity index (χ0v) is 13.0. The van der Waals surface area contributed by atoms with Gasteiger partial charge in [-0.1, -0.05) is 12.8 Å². The van der Waals surface area contributed by atoms with E-state index in [1.807, 2.05) is 0 Å². The molecular formula is C16H26N2O3. The summed E-state index contributed by atoms with van der Waals surface area (Å²) in [6.07, 6.45) is 6.10. The molecule has 2 unspecified atom stereocenters. The largest absolute Gasteiger partial charge is 0.467 e. The lowest BCUT2D eigenvalue weighted by molar-refractivity contribution is -0.130. The SMILES string of the molecule is CN(C)C(=O)CN1CCCCCC1CC(O)c1ccco1. The molecule has 5 nitrogen and oxygen atoms in total. The molecule has 5 heteroatoms. The lowest BCUT2D eigenvalue weighted by atomic mass is 10.0. The second kappa shape index (κ2) is 7.61. The normalized spacial score (nSPS) is 21.8. The number of hydrogen-bond acceptors (Lipinski definition) is 4. The highest BCUT2D eigenvalue weighted by atomic mass is 16.4. The van der Waals surface area contributed by atoms with E-state index < -0.39 is 6.10 Å². The number of likely N-dealkylation sites (tertiary alicyclic amines) is 1. The quantitative estimate of drug-likeness (QED) is 0.903. The van der Waals surface area contributed by atoms with Crippen molar-refractivity contribution in [3.8, 4) is 0 Å². The predicted molar refractivity (Wildman–Crippen MR) is 80.8 cm³/mol. The number of furan rings is 1. The van der Waals surface area contributed by atoms with Crippen molar-refractivity contribution in [2.75, 3.05) is 27.2 Å². The molecule has 1 aliphatic rings. The maximum absolute atomic E-state index is 12.0. The standard InChI is InChI=1S/C16H26N2O3/c1-17(2)16(20)12-18-9-5-3-4-7-13(18)11-14(19)15-8-6-10-21-15/h6,8,10,13-14,19H,3-5,7,9,11-12H2,1-2H3. The molecule has 21 heavy (non-hydrogen) atoms. The molecule has 2 heterocycles. The third-order valence-electron chi connectivity index (χ3n) is 4.20. The maximum atomic E-state index is 12.0. The number of rotatable bonds is 5. The van der Waals surface area contributed by atoms with Crippen LogP contribution < -0.4 is 0 Å². The second-order valence-electron chi connectivity index (χ2n) is 6.03. The average molecular weight is 294 g/mol. The summed E-state index contributed by atoms with van der Waals surface area (Å²) in [5.74, 6) is 0.729. The zero-order chi connectivity index (χ0) is 15.2. The fraction of sp³-hybridized carbons (Fsp3) is 0.688. The topological polar surface area (TPSA) is 56.9 Å². The molecule has 118 valence electrons. The van der Waals surface area contributed by atoms with Gasteiger partial charge in [0, 0.05) is 20.1 Å². The van der Waals surface area contributed by atoms with Gasteiger partial charge in [0.1, 0.15) is 11.9 Å². The Bertz CT molecular complexity index is 431. The third-order valence-corrected chi connectivity index (χ3v) is 4.20. The smallest absolute Gasteiger partial charge is 0.236 e. The van der Waals surface area contributed by atoms with E-state index in [2.05, 4.69) is 4.90 Å². The molecule has 1 amide bonds. The monoisotopic (exact) mass is 294 g/mol. The summed E-state index contributed by atoms with van der Waals surface area (Å²) in [5, 5.41) is 10.3. The lowest BCUT2D eigenvalue weighted by Gasteiger charge is -2.31. The van der Waals surface area contributed by atoms with Crippen molar-refractivity contribution < 1.29 is 14.3 Å². The van der Waals surface area contributed by atoms with Crippen molar-refractivity contribution >= 4 is 5.91 Å². The van der Waals surface area contributed by atoms with Crippen LogP contribution in [0.25, 0.3) is 0 Å². The fourth-order valence-corrected chi connectivity index (χ4v) is 2.88. The first-order chi connectivity index (χ1) is 10.1. The Hall–Kier alpha value is -1.33. The third kappa shape index (κ3) is 4.58. The van der Waals surface area contributed by atoms with Crippen LogP contribution in [0.2, 0.25) is 0 Å². The van der Waals surface area contributed by atoms with Gasteiger partial charge in [0.05, 0.1) is 12.8 Å². The van der Waals surface area contributed by atoms with Gasteiger partial charge in [0.2, 0.25) is 5.91 Å². The molecule has 1 aromatic heterocycles. The molecule has 1 N–H and O–H groups in total. The van der Waals surface area contributed by atoms with E-state index in [4.69, 9.17) is 4.42 Å². The van der Waals surface area contributed by atoms with Crippen LogP contribution in [0, 0.1) is 0 Å². The van der Waals surface area contributed by atoms with Crippen LogP contribution in [0.1, 0.15) is 44.0 Å². The molecule has 1 aliphatic heterocycles. The van der Waals surface area contributed by atoms with Crippen LogP contribution in [0.4, 0.5) is 0 Å². The van der Waals surface area contributed by atoms with Gasteiger partial charge >= 0.3 is 0 Å². The number of aliphatic hydroxyl groups excluding tert-OH is 1. The molecule has 0 aromatic carbocycles. The number of nitrogens with zero attached hydrogens (tertiary/aromatic N) is 2. The summed E-state index contributed by atoms with van der Waals surface area (Å²) in [5.41, 5.74) is 0. The summed E-state index contributed by atoms with van der Waals surface area (Å²) in [7, 11) is 3.57. The van der Waals surface area contributed by atoms with E-state index in [0.29, 0.717) is 18.7 Å². The van der Waals surface area contributed by atoms with Crippen LogP contribution in [0.5, 0.6) is 0 Å². The van der Waals surface area contributed by atoms with Gasteiger partial charge in [0.15, 0.2) is 0 Å². The Kier molecular flexibility index (Phi) is 5.82. The highest BCUT2D eigenvalue weighted by Crippen LogP contribution is 2.26. The summed E-state index contributed by atoms with van der Waals surface area (Å²) >= 11 is 0. The van der Waals surface area contributed by atoms with E-state index in [1.165, 1.54) is 6.42 Å². The van der Waals surface area contributed by atoms with Crippen molar-refractivity contribution in [2.45, 2.75) is 44.2 Å². The lowest BCUT2D eigenvalue weighted by Crippen LogP contribution is -2.43. The fourth-order valence-electron chi connectivity index (χ4n) is 2.88. The molecule has 0 saturated carbocycles. The molecule has 1 saturated heterocycles. The molecule has 0 spiro atoms. The van der Waals surface area contributed by atoms with Gasteiger partial charge in [-0.05, 0) is 37.9 Å². The zero-order valence-electron chi connectivity index (χ0n) is 13.0. The van der Waals surface area contributed by atoms with Crippen molar-refractivity contribution in [2.24, 2.45) is 0 Å². The van der Waals surface area contributed by atoms with Gasteiger partial charge < -0.3 is 14.4 Å². The van der Waals surface area contributed by atoms with Gasteiger partial charge in [-0.2, -0.15) is 0 Å². The molecular weight excluding hydrogens is 268 g/mol. The second-order valence-corrected chi connectivity index (χ2v) is 6.03. The van der Waals surface area contributed by atoms with Crippen molar-refractivity contribution in [3.05, 3.63) is 24.2 Å². The molecule has 1 fully saturated rings. The Morgan fingerprint density at radius 3 is 2.95 bits per heavy atom. The van der Waals surface area contributed by atoms with E-state index in [-0.39, 0.29) is 11.9 Å². The van der Waals surface area contributed by atoms with E-state index >= 15 is 0 Å². The molecule has 0 aliphatic carbocycles. The van der Waals surface area contributed by atoms with Crippen LogP contribution in [-0.2, 0) is 4.79 Å². The predicted octanol–water partition coefficient (Wildman–Crippen LogP) is 2.04. The van der Waals surface area contributed by atoms with Gasteiger partial charge in [-0.25, -0.2) is 0 Å². The molecule has 1 aromatic rings. The van der Waals surface area contributed by atoms with Crippen molar-refractivity contribution in [1.82, 2.24) is 9.80 Å². The van der Waals surface area contributed by atoms with Crippen LogP contribution >= 0.6 is 0 Å². The number of amides is 1. The van der Waals surface area contributed by atoms with Crippen molar-refractivity contribution in [1.29, 1.82) is 0 Å². The summed E-state index contributed by atoms with van der Waals surface area (Å²) < 4.78 is 5.28. The minimum atomic E-state index is -0.597. The number of carbonyl (C=O) groups excluding carboxylic acids is 1. The maximum Gasteiger partial charge on any atom is 0.236 e. The van der Waals surface area contributed by atoms with Crippen LogP contribution in [0.3, 0.4) is 0 Å². The van der Waals surface area contributed by atoms with E-state index in [0.717, 1.165) is 25.8 Å². The summed E-state index contributed by atoms with van der Waals surface area (Å²) in [6, 6.07) is 3.83. The van der Waals surface area contributed by atoms with Gasteiger partial charge in [-0.15, -0.1) is 0 Å². The number of likely N-dealkylation sites (N-methyl/N-ethyl adjacent to an activating group) is 1. The van der Waals surface area contributed by atoms with E-state index in [9.17, 15) is 9.90 Å². The van der Waals surface area contributed by atoms with Crippen LogP contribution in [-0.4, -0.2) is 54.0 Å². The molecule has 0 bridgehead atoms. The molecule has 0 radical (unpaired) electrons. The summed E-state index contributed by atoms with van der Waals surface area (Å²) in [4.78, 5) is 15.8. The Morgan fingerprint density at radius 1 is 1.48 bits per heavy atom. The van der Waals surface area contributed by atoms with E-state index in [1.54, 1.807) is 37.4 Å². The first-order valence-electron chi connectivity index (χ1n) is 7.73. The number of hydrogen-bond donors (Lipinski definition) is 1. The molecule has 2 atom stereocenters. The molecule has 2 rings (SSSR count). The number of aliphatic hydroxyl groups is 1. The Balaban J connectivity index is 1.99. The highest BCUT2D eigenvalue weighted by molar-refractivity contribution is 5.77.